The van der Waals surface area contributed by atoms with Crippen LogP contribution in [0.25, 0.3) is 0 Å². The first-order valence-electron chi connectivity index (χ1n) is 4.43. The van der Waals surface area contributed by atoms with Gasteiger partial charge in [-0.25, -0.2) is 8.78 Å². The number of rotatable bonds is 2. The predicted octanol–water partition coefficient (Wildman–Crippen LogP) is 3.65. The number of ketones is 1. The van der Waals surface area contributed by atoms with E-state index in [-0.39, 0.29) is 11.6 Å². The van der Waals surface area contributed by atoms with Crippen LogP contribution < -0.4 is 0 Å². The second-order valence-electron chi connectivity index (χ2n) is 3.48. The summed E-state index contributed by atoms with van der Waals surface area (Å²) in [6.45, 7) is 1.06. The van der Waals surface area contributed by atoms with Gasteiger partial charge in [-0.2, -0.15) is 22.0 Å². The normalized spacial score (nSPS) is 12.7. The summed E-state index contributed by atoms with van der Waals surface area (Å²) in [5, 5.41) is 0. The van der Waals surface area contributed by atoms with Crippen molar-refractivity contribution in [2.45, 2.75) is 19.0 Å². The average Bonchev–Trinajstić information content (AvgIpc) is 2.20. The summed E-state index contributed by atoms with van der Waals surface area (Å²) in [6, 6.07) is 0.391. The number of benzene rings is 1. The number of carbonyl (C=O) groups excluding carboxylic acids is 1. The number of carbonyl (C=O) groups is 1. The molecule has 0 aliphatic carbocycles. The third kappa shape index (κ3) is 2.32. The lowest BCUT2D eigenvalue weighted by molar-refractivity contribution is -0.255. The summed E-state index contributed by atoms with van der Waals surface area (Å²) in [5.41, 5.74) is -1.96. The lowest BCUT2D eigenvalue weighted by Gasteiger charge is -2.18. The van der Waals surface area contributed by atoms with Gasteiger partial charge in [0.2, 0.25) is 5.78 Å². The maximum Gasteiger partial charge on any atom is 0.461 e. The van der Waals surface area contributed by atoms with Gasteiger partial charge >= 0.3 is 12.1 Å². The smallest absolute Gasteiger partial charge is 0.287 e. The highest BCUT2D eigenvalue weighted by atomic mass is 19.4. The molecule has 1 aromatic carbocycles. The average molecular weight is 274 g/mol. The van der Waals surface area contributed by atoms with Gasteiger partial charge in [0.25, 0.3) is 0 Å². The lowest BCUT2D eigenvalue weighted by Crippen LogP contribution is -2.44. The van der Waals surface area contributed by atoms with Crippen LogP contribution in [0.15, 0.2) is 12.1 Å². The van der Waals surface area contributed by atoms with E-state index in [0.29, 0.717) is 6.07 Å². The van der Waals surface area contributed by atoms with Gasteiger partial charge in [-0.3, -0.25) is 4.79 Å². The van der Waals surface area contributed by atoms with Gasteiger partial charge in [0, 0.05) is 0 Å². The monoisotopic (exact) mass is 274 g/mol. The molecule has 0 atom stereocenters. The van der Waals surface area contributed by atoms with Gasteiger partial charge in [-0.1, -0.05) is 0 Å². The first-order chi connectivity index (χ1) is 7.98. The fraction of sp³-hybridized carbons (Fsp3) is 0.300. The van der Waals surface area contributed by atoms with E-state index >= 15 is 0 Å². The van der Waals surface area contributed by atoms with Crippen LogP contribution in [0.3, 0.4) is 0 Å². The second kappa shape index (κ2) is 4.25. The second-order valence-corrected chi connectivity index (χ2v) is 3.48. The van der Waals surface area contributed by atoms with E-state index in [4.69, 9.17) is 0 Å². The highest BCUT2D eigenvalue weighted by molar-refractivity contribution is 6.02. The van der Waals surface area contributed by atoms with Crippen LogP contribution in [0, 0.1) is 18.6 Å². The largest absolute Gasteiger partial charge is 0.461 e. The number of Topliss-reactive ketones (excluding diaryl/α,β-unsaturated/α-hetero) is 1. The zero-order valence-corrected chi connectivity index (χ0v) is 8.71. The molecule has 0 saturated carbocycles. The molecule has 0 aromatic heterocycles. The quantitative estimate of drug-likeness (QED) is 0.594. The summed E-state index contributed by atoms with van der Waals surface area (Å²) < 4.78 is 87.1. The van der Waals surface area contributed by atoms with Crippen LogP contribution in [0.4, 0.5) is 30.7 Å². The van der Waals surface area contributed by atoms with E-state index in [1.54, 1.807) is 0 Å². The minimum absolute atomic E-state index is 0.0205. The van der Waals surface area contributed by atoms with Crippen molar-refractivity contribution in [3.05, 3.63) is 34.9 Å². The third-order valence-electron chi connectivity index (χ3n) is 2.13. The summed E-state index contributed by atoms with van der Waals surface area (Å²) in [5.74, 6) is -11.5. The molecule has 0 radical (unpaired) electrons. The maximum atomic E-state index is 13.1. The zero-order valence-electron chi connectivity index (χ0n) is 8.71. The Morgan fingerprint density at radius 3 is 1.94 bits per heavy atom. The van der Waals surface area contributed by atoms with E-state index in [1.807, 2.05) is 0 Å². The molecule has 0 heterocycles. The molecule has 0 unspecified atom stereocenters. The van der Waals surface area contributed by atoms with Gasteiger partial charge in [-0.15, -0.1) is 0 Å². The Hall–Kier alpha value is -1.60. The van der Waals surface area contributed by atoms with E-state index < -0.39 is 35.1 Å². The van der Waals surface area contributed by atoms with E-state index in [0.717, 1.165) is 6.92 Å². The van der Waals surface area contributed by atoms with Crippen molar-refractivity contribution in [2.75, 3.05) is 0 Å². The van der Waals surface area contributed by atoms with Crippen molar-refractivity contribution in [1.29, 1.82) is 0 Å². The van der Waals surface area contributed by atoms with Crippen molar-refractivity contribution in [3.8, 4) is 0 Å². The Morgan fingerprint density at radius 2 is 1.50 bits per heavy atom. The topological polar surface area (TPSA) is 17.1 Å². The highest BCUT2D eigenvalue weighted by Gasteiger charge is 2.63. The van der Waals surface area contributed by atoms with E-state index in [9.17, 15) is 35.5 Å². The van der Waals surface area contributed by atoms with E-state index in [1.165, 1.54) is 0 Å². The standard InChI is InChI=1S/C10H5F7O/c1-4-2-7(12)5(3-6(4)11)8(18)9(13,14)10(15,16)17/h2-3H,1H3. The first-order valence-corrected chi connectivity index (χ1v) is 4.43. The van der Waals surface area contributed by atoms with Crippen molar-refractivity contribution < 1.29 is 35.5 Å². The van der Waals surface area contributed by atoms with Crippen molar-refractivity contribution in [2.24, 2.45) is 0 Å². The molecule has 0 aliphatic rings. The van der Waals surface area contributed by atoms with Crippen molar-refractivity contribution in [1.82, 2.24) is 0 Å². The molecule has 1 rings (SSSR count). The van der Waals surface area contributed by atoms with Gasteiger partial charge < -0.3 is 0 Å². The molecular formula is C10H5F7O. The zero-order chi connectivity index (χ0) is 14.3. The molecule has 0 spiro atoms. The molecule has 0 bridgehead atoms. The molecule has 100 valence electrons. The van der Waals surface area contributed by atoms with E-state index in [2.05, 4.69) is 0 Å². The molecule has 0 aliphatic heterocycles. The van der Waals surface area contributed by atoms with Crippen LogP contribution >= 0.6 is 0 Å². The number of hydrogen-bond donors (Lipinski definition) is 0. The number of aryl methyl sites for hydroxylation is 1. The van der Waals surface area contributed by atoms with Crippen LogP contribution in [0.1, 0.15) is 15.9 Å². The molecule has 1 aromatic rings. The van der Waals surface area contributed by atoms with Crippen molar-refractivity contribution in [3.63, 3.8) is 0 Å². The fourth-order valence-electron chi connectivity index (χ4n) is 1.12. The maximum absolute atomic E-state index is 13.1. The third-order valence-corrected chi connectivity index (χ3v) is 2.13. The van der Waals surface area contributed by atoms with Gasteiger partial charge in [0.05, 0.1) is 5.56 Å². The SMILES string of the molecule is Cc1cc(F)c(C(=O)C(F)(F)C(F)(F)F)cc1F. The summed E-state index contributed by atoms with van der Waals surface area (Å²) >= 11 is 0. The molecule has 0 N–H and O–H groups in total. The van der Waals surface area contributed by atoms with Crippen LogP contribution in [-0.4, -0.2) is 17.9 Å². The molecular weight excluding hydrogens is 269 g/mol. The fourth-order valence-corrected chi connectivity index (χ4v) is 1.12. The Balaban J connectivity index is 3.32. The number of halogens is 7. The minimum Gasteiger partial charge on any atom is -0.287 e. The predicted molar refractivity (Wildman–Crippen MR) is 46.4 cm³/mol. The highest BCUT2D eigenvalue weighted by Crippen LogP contribution is 2.38. The minimum atomic E-state index is -6.17. The number of hydrogen-bond acceptors (Lipinski definition) is 1. The number of alkyl halides is 5. The van der Waals surface area contributed by atoms with Crippen LogP contribution in [0.5, 0.6) is 0 Å². The van der Waals surface area contributed by atoms with Gasteiger partial charge in [0.15, 0.2) is 0 Å². The lowest BCUT2D eigenvalue weighted by atomic mass is 10.0. The molecule has 18 heavy (non-hydrogen) atoms. The van der Waals surface area contributed by atoms with Crippen molar-refractivity contribution >= 4 is 5.78 Å². The van der Waals surface area contributed by atoms with Crippen LogP contribution in [-0.2, 0) is 0 Å². The first kappa shape index (κ1) is 14.5. The molecule has 0 fully saturated rings. The summed E-state index contributed by atoms with van der Waals surface area (Å²) in [7, 11) is 0. The molecule has 1 nitrogen and oxygen atoms in total. The molecule has 0 saturated heterocycles. The van der Waals surface area contributed by atoms with Crippen LogP contribution in [0.2, 0.25) is 0 Å². The molecule has 8 heteroatoms. The Labute approximate surface area is 96.2 Å². The molecule has 0 amide bonds. The summed E-state index contributed by atoms with van der Waals surface area (Å²) in [6.07, 6.45) is -6.17. The van der Waals surface area contributed by atoms with Gasteiger partial charge in [0.1, 0.15) is 11.6 Å². The van der Waals surface area contributed by atoms with Gasteiger partial charge in [-0.05, 0) is 24.6 Å². The Bertz CT molecular complexity index is 490. The Morgan fingerprint density at radius 1 is 1.00 bits per heavy atom. The Kier molecular flexibility index (Phi) is 3.42. The summed E-state index contributed by atoms with van der Waals surface area (Å²) in [4.78, 5) is 10.9.